The van der Waals surface area contributed by atoms with Crippen molar-refractivity contribution in [3.05, 3.63) is 119 Å². The number of hydrogen-bond donors (Lipinski definition) is 1. The van der Waals surface area contributed by atoms with Crippen molar-refractivity contribution in [1.29, 1.82) is 0 Å². The van der Waals surface area contributed by atoms with E-state index in [0.29, 0.717) is 0 Å². The Labute approximate surface area is 316 Å². The Kier molecular flexibility index (Phi) is 7.76. The first-order valence-electron chi connectivity index (χ1n) is 19.2. The van der Waals surface area contributed by atoms with Crippen molar-refractivity contribution in [2.75, 3.05) is 0 Å². The van der Waals surface area contributed by atoms with Gasteiger partial charge in [-0.05, 0) is 127 Å². The van der Waals surface area contributed by atoms with Gasteiger partial charge in [0.1, 0.15) is 0 Å². The number of aromatic amines is 1. The third kappa shape index (κ3) is 6.28. The third-order valence-electron chi connectivity index (χ3n) is 11.1. The summed E-state index contributed by atoms with van der Waals surface area (Å²) in [6.45, 7) is 27.6. The van der Waals surface area contributed by atoms with E-state index in [1.165, 1.54) is 55.3 Å². The molecule has 3 nitrogen and oxygen atoms in total. The molecule has 3 heteroatoms. The molecule has 0 unspecified atom stereocenters. The van der Waals surface area contributed by atoms with Gasteiger partial charge in [0.2, 0.25) is 0 Å². The van der Waals surface area contributed by atoms with Crippen LogP contribution in [0.1, 0.15) is 105 Å². The molecule has 4 aromatic carbocycles. The van der Waals surface area contributed by atoms with Gasteiger partial charge in [0.15, 0.2) is 0 Å². The molecule has 7 aromatic rings. The Morgan fingerprint density at radius 3 is 1.32 bits per heavy atom. The maximum Gasteiger partial charge on any atom is 0.0897 e. The largest absolute Gasteiger partial charge is 0.353 e. The predicted octanol–water partition coefficient (Wildman–Crippen LogP) is 13.9. The summed E-state index contributed by atoms with van der Waals surface area (Å²) in [5.41, 5.74) is 17.7. The van der Waals surface area contributed by atoms with Crippen LogP contribution in [0.3, 0.4) is 0 Å². The minimum Gasteiger partial charge on any atom is -0.353 e. The number of nitrogens with zero attached hydrogens (tertiary/aromatic N) is 2. The van der Waals surface area contributed by atoms with Gasteiger partial charge in [0, 0.05) is 27.5 Å². The van der Waals surface area contributed by atoms with Crippen LogP contribution in [0.5, 0.6) is 0 Å². The summed E-state index contributed by atoms with van der Waals surface area (Å²) in [5.74, 6) is 0. The van der Waals surface area contributed by atoms with E-state index < -0.39 is 0 Å². The molecule has 0 radical (unpaired) electrons. The molecule has 0 fully saturated rings. The summed E-state index contributed by atoms with van der Waals surface area (Å²) in [5, 5.41) is 2.49. The van der Waals surface area contributed by atoms with Crippen LogP contribution in [-0.2, 0) is 21.7 Å². The first kappa shape index (κ1) is 35.0. The smallest absolute Gasteiger partial charge is 0.0897 e. The summed E-state index contributed by atoms with van der Waals surface area (Å²) in [7, 11) is 0. The highest BCUT2D eigenvalue weighted by Crippen LogP contribution is 2.45. The normalized spacial score (nSPS) is 13.3. The van der Waals surface area contributed by atoms with E-state index in [-0.39, 0.29) is 21.7 Å². The zero-order valence-electron chi connectivity index (χ0n) is 33.6. The van der Waals surface area contributed by atoms with Gasteiger partial charge in [-0.2, -0.15) is 0 Å². The van der Waals surface area contributed by atoms with Crippen molar-refractivity contribution in [1.82, 2.24) is 15.0 Å². The molecule has 1 N–H and O–H groups in total. The molecule has 0 saturated carbocycles. The van der Waals surface area contributed by atoms with Gasteiger partial charge < -0.3 is 4.98 Å². The van der Waals surface area contributed by atoms with Crippen molar-refractivity contribution in [2.24, 2.45) is 0 Å². The molecule has 0 atom stereocenters. The summed E-state index contributed by atoms with van der Waals surface area (Å²) in [6.07, 6.45) is 0. The summed E-state index contributed by atoms with van der Waals surface area (Å²) >= 11 is 0. The molecule has 0 spiro atoms. The second kappa shape index (κ2) is 11.7. The highest BCUT2D eigenvalue weighted by molar-refractivity contribution is 6.16. The van der Waals surface area contributed by atoms with Gasteiger partial charge in [0.05, 0.1) is 33.8 Å². The molecule has 0 aliphatic carbocycles. The monoisotopic (exact) mass is 695 g/mol. The molecule has 8 rings (SSSR count). The minimum atomic E-state index is -0.1000. The molecule has 268 valence electrons. The fourth-order valence-corrected chi connectivity index (χ4v) is 7.60. The second-order valence-electron chi connectivity index (χ2n) is 19.4. The molecule has 1 aliphatic rings. The summed E-state index contributed by atoms with van der Waals surface area (Å²) in [6, 6.07) is 36.6. The third-order valence-corrected chi connectivity index (χ3v) is 11.1. The highest BCUT2D eigenvalue weighted by atomic mass is 14.8. The summed E-state index contributed by atoms with van der Waals surface area (Å²) in [4.78, 5) is 15.1. The topological polar surface area (TPSA) is 41.6 Å². The van der Waals surface area contributed by atoms with Crippen molar-refractivity contribution < 1.29 is 0 Å². The van der Waals surface area contributed by atoms with Crippen molar-refractivity contribution in [3.63, 3.8) is 0 Å². The van der Waals surface area contributed by atoms with Crippen molar-refractivity contribution in [2.45, 2.75) is 105 Å². The Morgan fingerprint density at radius 2 is 0.774 bits per heavy atom. The minimum absolute atomic E-state index is 0.0607. The molecule has 4 heterocycles. The fourth-order valence-electron chi connectivity index (χ4n) is 7.60. The van der Waals surface area contributed by atoms with Crippen LogP contribution < -0.4 is 0 Å². The quantitative estimate of drug-likeness (QED) is 0.186. The Morgan fingerprint density at radius 1 is 0.358 bits per heavy atom. The van der Waals surface area contributed by atoms with E-state index in [1.807, 2.05) is 0 Å². The Balaban J connectivity index is 1.63. The van der Waals surface area contributed by atoms with Gasteiger partial charge >= 0.3 is 0 Å². The molecule has 3 aromatic heterocycles. The van der Waals surface area contributed by atoms with Crippen LogP contribution in [0, 0.1) is 0 Å². The number of rotatable bonds is 1. The molecular weight excluding hydrogens is 643 g/mol. The average Bonchev–Trinajstić information content (AvgIpc) is 3.47. The van der Waals surface area contributed by atoms with Crippen molar-refractivity contribution >= 4 is 21.8 Å². The molecule has 0 saturated heterocycles. The van der Waals surface area contributed by atoms with E-state index >= 15 is 0 Å². The highest BCUT2D eigenvalue weighted by Gasteiger charge is 2.27. The van der Waals surface area contributed by atoms with Crippen LogP contribution in [0.4, 0.5) is 0 Å². The molecule has 8 bridgehead atoms. The van der Waals surface area contributed by atoms with Gasteiger partial charge in [-0.3, -0.25) is 0 Å². The van der Waals surface area contributed by atoms with Crippen LogP contribution in [0.2, 0.25) is 0 Å². The van der Waals surface area contributed by atoms with E-state index in [0.717, 1.165) is 44.9 Å². The lowest BCUT2D eigenvalue weighted by molar-refractivity contribution is 0.588. The number of H-pyrrole nitrogens is 1. The number of aromatic nitrogens is 3. The Bertz CT molecular complexity index is 2570. The van der Waals surface area contributed by atoms with Crippen LogP contribution in [-0.4, -0.2) is 15.0 Å². The zero-order valence-corrected chi connectivity index (χ0v) is 33.6. The number of pyridine rings is 2. The van der Waals surface area contributed by atoms with Gasteiger partial charge in [-0.15, -0.1) is 0 Å². The van der Waals surface area contributed by atoms with Crippen LogP contribution in [0.15, 0.2) is 97.1 Å². The Hall–Kier alpha value is -5.02. The SMILES string of the molecule is CC(C)(C)c1cc2nc(c1)-c1cc(C(C)(C)C)cc(n1)-c1cc(C(C)(C)C)cc3c1[nH]c1c(cc(C(C)(C)C)cc13)-c1cc(-c3ccccc3)cc-2c1. The first-order valence-corrected chi connectivity index (χ1v) is 19.2. The maximum atomic E-state index is 5.54. The van der Waals surface area contributed by atoms with Crippen LogP contribution in [0.25, 0.3) is 78.0 Å². The van der Waals surface area contributed by atoms with Crippen molar-refractivity contribution in [3.8, 4) is 56.2 Å². The lowest BCUT2D eigenvalue weighted by Crippen LogP contribution is -2.14. The maximum absolute atomic E-state index is 5.54. The number of benzene rings is 4. The first-order chi connectivity index (χ1) is 24.7. The van der Waals surface area contributed by atoms with E-state index in [2.05, 4.69) is 185 Å². The average molecular weight is 696 g/mol. The fraction of sp³-hybridized carbons (Fsp3) is 0.320. The molecular formula is C50H53N3. The lowest BCUT2D eigenvalue weighted by atomic mass is 9.82. The number of fused-ring (bicyclic) bond motifs is 11. The zero-order chi connectivity index (χ0) is 37.8. The standard InChI is InChI=1S/C50H53N3/c1-47(2,3)33-21-37-31-18-30(29-16-14-13-15-17-29)19-32(20-31)41-25-35(49(7,8)9)27-43(51-41)44-28-36(50(10,11)12)26-42(52-44)40-24-34(48(4,5)6)23-39-38(22-33)45(37)53-46(39)40/h13-28,53H,1-12H3. The lowest BCUT2D eigenvalue weighted by Gasteiger charge is -2.24. The molecule has 53 heavy (non-hydrogen) atoms. The van der Waals surface area contributed by atoms with E-state index in [9.17, 15) is 0 Å². The van der Waals surface area contributed by atoms with Gasteiger partial charge in [0.25, 0.3) is 0 Å². The summed E-state index contributed by atoms with van der Waals surface area (Å²) < 4.78 is 0. The number of hydrogen-bond acceptors (Lipinski definition) is 2. The number of nitrogens with one attached hydrogen (secondary N) is 1. The second-order valence-corrected chi connectivity index (χ2v) is 19.4. The molecule has 1 aliphatic heterocycles. The van der Waals surface area contributed by atoms with E-state index in [4.69, 9.17) is 9.97 Å². The van der Waals surface area contributed by atoms with Gasteiger partial charge in [-0.1, -0.05) is 113 Å². The molecule has 0 amide bonds. The van der Waals surface area contributed by atoms with E-state index in [1.54, 1.807) is 0 Å². The van der Waals surface area contributed by atoms with Crippen LogP contribution >= 0.6 is 0 Å². The predicted molar refractivity (Wildman–Crippen MR) is 227 cm³/mol. The van der Waals surface area contributed by atoms with Gasteiger partial charge in [-0.25, -0.2) is 9.97 Å².